The third-order valence-electron chi connectivity index (χ3n) is 4.14. The van der Waals surface area contributed by atoms with Crippen LogP contribution in [0.1, 0.15) is 5.56 Å². The molecule has 0 aromatic heterocycles. The number of hydrogen-bond acceptors (Lipinski definition) is 4. The van der Waals surface area contributed by atoms with Crippen LogP contribution in [-0.4, -0.2) is 21.4 Å². The van der Waals surface area contributed by atoms with Crippen molar-refractivity contribution < 1.29 is 22.3 Å². The highest BCUT2D eigenvalue weighted by atomic mass is 35.5. The summed E-state index contributed by atoms with van der Waals surface area (Å²) in [7, 11) is -2.72. The summed E-state index contributed by atoms with van der Waals surface area (Å²) in [5.74, 6) is -0.768. The number of rotatable bonds is 7. The van der Waals surface area contributed by atoms with Crippen molar-refractivity contribution >= 4 is 45.0 Å². The van der Waals surface area contributed by atoms with Crippen LogP contribution in [0.3, 0.4) is 0 Å². The highest BCUT2D eigenvalue weighted by Crippen LogP contribution is 2.30. The minimum absolute atomic E-state index is 0.0967. The summed E-state index contributed by atoms with van der Waals surface area (Å²) < 4.78 is 46.3. The normalized spacial score (nSPS) is 11.3. The summed E-state index contributed by atoms with van der Waals surface area (Å²) in [6, 6.07) is 16.2. The van der Waals surface area contributed by atoms with Crippen LogP contribution in [0.15, 0.2) is 77.7 Å². The number of para-hydroxylation sites is 1. The van der Waals surface area contributed by atoms with Crippen molar-refractivity contribution in [2.45, 2.75) is 4.90 Å². The number of carbonyl (C=O) groups excluding carboxylic acids is 1. The van der Waals surface area contributed by atoms with E-state index in [9.17, 15) is 17.6 Å². The van der Waals surface area contributed by atoms with Crippen LogP contribution in [0.2, 0.25) is 5.02 Å². The average molecular weight is 461 g/mol. The molecule has 0 bridgehead atoms. The van der Waals surface area contributed by atoms with Crippen LogP contribution < -0.4 is 14.8 Å². The van der Waals surface area contributed by atoms with Gasteiger partial charge >= 0.3 is 0 Å². The molecule has 0 aliphatic rings. The molecule has 0 unspecified atom stereocenters. The lowest BCUT2D eigenvalue weighted by Crippen LogP contribution is -2.15. The zero-order valence-corrected chi connectivity index (χ0v) is 17.9. The Labute approximate surface area is 184 Å². The van der Waals surface area contributed by atoms with Crippen molar-refractivity contribution in [3.05, 3.63) is 89.2 Å². The first-order chi connectivity index (χ1) is 14.8. The molecule has 0 spiro atoms. The Morgan fingerprint density at radius 1 is 1.06 bits per heavy atom. The monoisotopic (exact) mass is 460 g/mol. The van der Waals surface area contributed by atoms with E-state index in [2.05, 4.69) is 10.0 Å². The summed E-state index contributed by atoms with van der Waals surface area (Å²) in [5, 5.41) is 2.83. The van der Waals surface area contributed by atoms with Crippen LogP contribution >= 0.6 is 11.6 Å². The molecule has 0 radical (unpaired) electrons. The van der Waals surface area contributed by atoms with E-state index < -0.39 is 15.9 Å². The van der Waals surface area contributed by atoms with Crippen molar-refractivity contribution in [2.24, 2.45) is 0 Å². The summed E-state index contributed by atoms with van der Waals surface area (Å²) in [6.45, 7) is 0. The fourth-order valence-corrected chi connectivity index (χ4v) is 4.15. The number of nitrogens with one attached hydrogen (secondary N) is 2. The molecule has 3 aromatic rings. The number of carbonyl (C=O) groups is 1. The molecule has 0 aliphatic carbocycles. The Morgan fingerprint density at radius 2 is 1.77 bits per heavy atom. The second kappa shape index (κ2) is 9.63. The van der Waals surface area contributed by atoms with Gasteiger partial charge in [-0.25, -0.2) is 12.8 Å². The maximum absolute atomic E-state index is 13.0. The Hall–Kier alpha value is -3.36. The Balaban J connectivity index is 1.82. The van der Waals surface area contributed by atoms with Gasteiger partial charge in [-0.15, -0.1) is 0 Å². The van der Waals surface area contributed by atoms with Gasteiger partial charge in [-0.2, -0.15) is 0 Å². The molecule has 3 aromatic carbocycles. The van der Waals surface area contributed by atoms with E-state index in [4.69, 9.17) is 16.3 Å². The van der Waals surface area contributed by atoms with Crippen molar-refractivity contribution in [3.63, 3.8) is 0 Å². The molecule has 160 valence electrons. The summed E-state index contributed by atoms with van der Waals surface area (Å²) in [6.07, 6.45) is 2.77. The first-order valence-corrected chi connectivity index (χ1v) is 10.8. The second-order valence-electron chi connectivity index (χ2n) is 6.33. The van der Waals surface area contributed by atoms with Crippen LogP contribution in [0.25, 0.3) is 6.08 Å². The van der Waals surface area contributed by atoms with Crippen molar-refractivity contribution in [3.8, 4) is 5.75 Å². The van der Waals surface area contributed by atoms with Crippen LogP contribution in [0.4, 0.5) is 15.8 Å². The van der Waals surface area contributed by atoms with Gasteiger partial charge in [-0.1, -0.05) is 35.9 Å². The molecule has 0 aliphatic heterocycles. The highest BCUT2D eigenvalue weighted by molar-refractivity contribution is 7.92. The van der Waals surface area contributed by atoms with E-state index >= 15 is 0 Å². The molecule has 3 rings (SSSR count). The maximum Gasteiger partial charge on any atom is 0.265 e. The number of benzene rings is 3. The van der Waals surface area contributed by atoms with E-state index in [0.717, 1.165) is 0 Å². The van der Waals surface area contributed by atoms with E-state index in [0.29, 0.717) is 5.56 Å². The molecular weight excluding hydrogens is 443 g/mol. The molecule has 0 saturated heterocycles. The predicted octanol–water partition coefficient (Wildman–Crippen LogP) is 4.94. The van der Waals surface area contributed by atoms with Crippen molar-refractivity contribution in [1.29, 1.82) is 0 Å². The molecule has 2 N–H and O–H groups in total. The Morgan fingerprint density at radius 3 is 2.45 bits per heavy atom. The van der Waals surface area contributed by atoms with E-state index in [1.54, 1.807) is 18.2 Å². The zero-order valence-electron chi connectivity index (χ0n) is 16.3. The predicted molar refractivity (Wildman–Crippen MR) is 119 cm³/mol. The van der Waals surface area contributed by atoms with Crippen LogP contribution in [0, 0.1) is 5.82 Å². The lowest BCUT2D eigenvalue weighted by atomic mass is 10.2. The summed E-state index contributed by atoms with van der Waals surface area (Å²) >= 11 is 6.04. The molecule has 0 saturated carbocycles. The number of halogens is 2. The number of anilines is 2. The molecular formula is C22H18ClFN2O4S. The zero-order chi connectivity index (χ0) is 22.4. The molecule has 9 heteroatoms. The molecule has 0 heterocycles. The van der Waals surface area contributed by atoms with Gasteiger partial charge in [0, 0.05) is 11.8 Å². The second-order valence-corrected chi connectivity index (χ2v) is 8.38. The smallest absolute Gasteiger partial charge is 0.265 e. The fraction of sp³-hybridized carbons (Fsp3) is 0.0455. The first-order valence-electron chi connectivity index (χ1n) is 8.98. The van der Waals surface area contributed by atoms with Crippen molar-refractivity contribution in [2.75, 3.05) is 17.1 Å². The first kappa shape index (κ1) is 22.3. The third-order valence-corrected chi connectivity index (χ3v) is 5.85. The van der Waals surface area contributed by atoms with Gasteiger partial charge in [0.2, 0.25) is 5.91 Å². The minimum atomic E-state index is -4.06. The van der Waals surface area contributed by atoms with E-state index in [-0.39, 0.29) is 32.9 Å². The number of amides is 1. The standard InChI is InChI=1S/C22H18ClFN2O4S/c1-30-20-12-11-17(25-22(27)13-8-15-6-9-16(24)10-7-15)14-21(20)31(28,29)26-19-5-3-2-4-18(19)23/h2-14,26H,1H3,(H,25,27)/b13-8+. The molecule has 0 atom stereocenters. The summed E-state index contributed by atoms with van der Waals surface area (Å²) in [5.41, 5.74) is 1.09. The van der Waals surface area contributed by atoms with E-state index in [1.165, 1.54) is 67.8 Å². The Kier molecular flexibility index (Phi) is 6.94. The number of sulfonamides is 1. The molecule has 0 fully saturated rings. The number of methoxy groups -OCH3 is 1. The van der Waals surface area contributed by atoms with Gasteiger partial charge in [0.25, 0.3) is 10.0 Å². The highest BCUT2D eigenvalue weighted by Gasteiger charge is 2.21. The van der Waals surface area contributed by atoms with Crippen molar-refractivity contribution in [1.82, 2.24) is 0 Å². The third kappa shape index (κ3) is 5.84. The number of hydrogen-bond donors (Lipinski definition) is 2. The van der Waals surface area contributed by atoms with Gasteiger partial charge in [-0.3, -0.25) is 9.52 Å². The van der Waals surface area contributed by atoms with Crippen LogP contribution in [-0.2, 0) is 14.8 Å². The lowest BCUT2D eigenvalue weighted by Gasteiger charge is -2.14. The van der Waals surface area contributed by atoms with Gasteiger partial charge < -0.3 is 10.1 Å². The number of ether oxygens (including phenoxy) is 1. The topological polar surface area (TPSA) is 84.5 Å². The minimum Gasteiger partial charge on any atom is -0.495 e. The van der Waals surface area contributed by atoms with Crippen LogP contribution in [0.5, 0.6) is 5.75 Å². The van der Waals surface area contributed by atoms with E-state index in [1.807, 2.05) is 0 Å². The summed E-state index contributed by atoms with van der Waals surface area (Å²) in [4.78, 5) is 12.0. The lowest BCUT2D eigenvalue weighted by molar-refractivity contribution is -0.111. The fourth-order valence-electron chi connectivity index (χ4n) is 2.64. The quantitative estimate of drug-likeness (QED) is 0.489. The van der Waals surface area contributed by atoms with Gasteiger partial charge in [0.1, 0.15) is 16.5 Å². The van der Waals surface area contributed by atoms with Gasteiger partial charge in [0.05, 0.1) is 17.8 Å². The average Bonchev–Trinajstić information content (AvgIpc) is 2.75. The molecule has 1 amide bonds. The molecule has 31 heavy (non-hydrogen) atoms. The SMILES string of the molecule is COc1ccc(NC(=O)/C=C/c2ccc(F)cc2)cc1S(=O)(=O)Nc1ccccc1Cl. The largest absolute Gasteiger partial charge is 0.495 e. The van der Waals surface area contributed by atoms with Gasteiger partial charge in [-0.05, 0) is 54.1 Å². The Bertz CT molecular complexity index is 1230. The molecule has 6 nitrogen and oxygen atoms in total. The maximum atomic E-state index is 13.0. The van der Waals surface area contributed by atoms with Gasteiger partial charge in [0.15, 0.2) is 0 Å².